The maximum Gasteiger partial charge on any atom is 0.220 e. The van der Waals surface area contributed by atoms with E-state index in [0.717, 1.165) is 32.1 Å². The fourth-order valence-electron chi connectivity index (χ4n) is 2.99. The molecule has 0 saturated heterocycles. The molecule has 116 valence electrons. The second-order valence-corrected chi connectivity index (χ2v) is 6.68. The molecule has 1 amide bonds. The van der Waals surface area contributed by atoms with Crippen LogP contribution in [0.1, 0.15) is 50.2 Å². The highest BCUT2D eigenvalue weighted by molar-refractivity contribution is 5.76. The van der Waals surface area contributed by atoms with Gasteiger partial charge in [0.25, 0.3) is 0 Å². The number of aryl methyl sites for hydroxylation is 2. The molecular formula is C18H27NO2. The summed E-state index contributed by atoms with van der Waals surface area (Å²) < 4.78 is 0. The molecule has 1 aliphatic rings. The number of hydrogen-bond donors (Lipinski definition) is 2. The number of carbonyl (C=O) groups is 1. The van der Waals surface area contributed by atoms with Crippen molar-refractivity contribution in [2.24, 2.45) is 5.41 Å². The number of hydrogen-bond acceptors (Lipinski definition) is 2. The molecule has 0 aromatic heterocycles. The number of carbonyl (C=O) groups excluding carboxylic acids is 1. The molecule has 21 heavy (non-hydrogen) atoms. The van der Waals surface area contributed by atoms with Crippen LogP contribution in [0.25, 0.3) is 0 Å². The summed E-state index contributed by atoms with van der Waals surface area (Å²) in [5.41, 5.74) is 2.28. The van der Waals surface area contributed by atoms with Crippen LogP contribution in [-0.2, 0) is 11.2 Å². The first-order chi connectivity index (χ1) is 9.99. The molecule has 1 fully saturated rings. The van der Waals surface area contributed by atoms with Crippen molar-refractivity contribution in [3.05, 3.63) is 35.4 Å². The molecule has 1 aliphatic carbocycles. The lowest BCUT2D eigenvalue weighted by Gasteiger charge is -2.38. The van der Waals surface area contributed by atoms with E-state index in [4.69, 9.17) is 0 Å². The highest BCUT2D eigenvalue weighted by Gasteiger charge is 2.35. The molecule has 1 aromatic rings. The smallest absolute Gasteiger partial charge is 0.220 e. The van der Waals surface area contributed by atoms with Gasteiger partial charge >= 0.3 is 0 Å². The second-order valence-electron chi connectivity index (χ2n) is 6.68. The Morgan fingerprint density at radius 2 is 2.05 bits per heavy atom. The summed E-state index contributed by atoms with van der Waals surface area (Å²) >= 11 is 0. The topological polar surface area (TPSA) is 49.3 Å². The lowest BCUT2D eigenvalue weighted by Crippen LogP contribution is -2.45. The van der Waals surface area contributed by atoms with E-state index in [2.05, 4.69) is 43.4 Å². The molecule has 1 saturated carbocycles. The summed E-state index contributed by atoms with van der Waals surface area (Å²) in [6, 6.07) is 8.31. The monoisotopic (exact) mass is 289 g/mol. The number of nitrogens with one attached hydrogen (secondary N) is 1. The Kier molecular flexibility index (Phi) is 5.40. The SMILES string of the molecule is Cc1ccc(CCC(=O)NC[C@@]2(C)CCCC[C@@H]2O)cc1. The molecule has 1 aromatic carbocycles. The molecule has 0 unspecified atom stereocenters. The van der Waals surface area contributed by atoms with Gasteiger partial charge in [-0.2, -0.15) is 0 Å². The Hall–Kier alpha value is -1.35. The zero-order valence-corrected chi connectivity index (χ0v) is 13.2. The van der Waals surface area contributed by atoms with E-state index in [0.29, 0.717) is 13.0 Å². The molecule has 0 radical (unpaired) electrons. The van der Waals surface area contributed by atoms with Crippen LogP contribution in [-0.4, -0.2) is 23.7 Å². The Morgan fingerprint density at radius 3 is 2.71 bits per heavy atom. The van der Waals surface area contributed by atoms with Crippen molar-refractivity contribution in [2.75, 3.05) is 6.54 Å². The van der Waals surface area contributed by atoms with Crippen LogP contribution < -0.4 is 5.32 Å². The number of aliphatic hydroxyl groups excluding tert-OH is 1. The summed E-state index contributed by atoms with van der Waals surface area (Å²) in [5, 5.41) is 13.1. The van der Waals surface area contributed by atoms with E-state index in [9.17, 15) is 9.90 Å². The van der Waals surface area contributed by atoms with Gasteiger partial charge in [0.1, 0.15) is 0 Å². The van der Waals surface area contributed by atoms with Gasteiger partial charge in [-0.1, -0.05) is 49.6 Å². The van der Waals surface area contributed by atoms with E-state index < -0.39 is 0 Å². The van der Waals surface area contributed by atoms with Crippen LogP contribution in [0.4, 0.5) is 0 Å². The largest absolute Gasteiger partial charge is 0.392 e. The normalized spacial score (nSPS) is 25.6. The Labute approximate surface area is 127 Å². The molecular weight excluding hydrogens is 262 g/mol. The van der Waals surface area contributed by atoms with Crippen molar-refractivity contribution in [3.63, 3.8) is 0 Å². The van der Waals surface area contributed by atoms with Gasteiger partial charge in [0.05, 0.1) is 6.10 Å². The highest BCUT2D eigenvalue weighted by atomic mass is 16.3. The predicted molar refractivity (Wildman–Crippen MR) is 85.1 cm³/mol. The minimum absolute atomic E-state index is 0.0783. The van der Waals surface area contributed by atoms with Crippen molar-refractivity contribution in [1.29, 1.82) is 0 Å². The van der Waals surface area contributed by atoms with Gasteiger partial charge in [-0.15, -0.1) is 0 Å². The first-order valence-electron chi connectivity index (χ1n) is 8.00. The minimum Gasteiger partial charge on any atom is -0.392 e. The highest BCUT2D eigenvalue weighted by Crippen LogP contribution is 2.35. The van der Waals surface area contributed by atoms with Crippen molar-refractivity contribution in [2.45, 2.75) is 58.5 Å². The molecule has 0 aliphatic heterocycles. The quantitative estimate of drug-likeness (QED) is 0.875. The van der Waals surface area contributed by atoms with Gasteiger partial charge in [0.15, 0.2) is 0 Å². The molecule has 3 nitrogen and oxygen atoms in total. The van der Waals surface area contributed by atoms with Crippen molar-refractivity contribution in [3.8, 4) is 0 Å². The number of rotatable bonds is 5. The van der Waals surface area contributed by atoms with E-state index in [1.54, 1.807) is 0 Å². The Balaban J connectivity index is 1.75. The first kappa shape index (κ1) is 16.0. The maximum absolute atomic E-state index is 12.0. The van der Waals surface area contributed by atoms with Gasteiger partial charge in [-0.05, 0) is 31.7 Å². The molecule has 2 atom stereocenters. The van der Waals surface area contributed by atoms with E-state index in [1.165, 1.54) is 11.1 Å². The van der Waals surface area contributed by atoms with Crippen LogP contribution in [0.15, 0.2) is 24.3 Å². The molecule has 3 heteroatoms. The zero-order chi connectivity index (χ0) is 15.3. The van der Waals surface area contributed by atoms with E-state index in [1.807, 2.05) is 0 Å². The van der Waals surface area contributed by atoms with Crippen LogP contribution in [0.3, 0.4) is 0 Å². The third-order valence-electron chi connectivity index (χ3n) is 4.73. The van der Waals surface area contributed by atoms with Crippen LogP contribution in [0.2, 0.25) is 0 Å². The summed E-state index contributed by atoms with van der Waals surface area (Å²) in [5.74, 6) is 0.0783. The zero-order valence-electron chi connectivity index (χ0n) is 13.2. The maximum atomic E-state index is 12.0. The van der Waals surface area contributed by atoms with E-state index >= 15 is 0 Å². The third kappa shape index (κ3) is 4.57. The summed E-state index contributed by atoms with van der Waals surface area (Å²) in [6.45, 7) is 4.73. The Bertz CT molecular complexity index is 469. The lowest BCUT2D eigenvalue weighted by atomic mass is 9.73. The van der Waals surface area contributed by atoms with Gasteiger partial charge in [0.2, 0.25) is 5.91 Å². The Morgan fingerprint density at radius 1 is 1.33 bits per heavy atom. The minimum atomic E-state index is -0.288. The van der Waals surface area contributed by atoms with Gasteiger partial charge in [-0.3, -0.25) is 4.79 Å². The average Bonchev–Trinajstić information content (AvgIpc) is 2.48. The van der Waals surface area contributed by atoms with Crippen LogP contribution >= 0.6 is 0 Å². The molecule has 0 bridgehead atoms. The molecule has 0 heterocycles. The lowest BCUT2D eigenvalue weighted by molar-refractivity contribution is -0.122. The van der Waals surface area contributed by atoms with Crippen molar-refractivity contribution in [1.82, 2.24) is 5.32 Å². The number of benzene rings is 1. The third-order valence-corrected chi connectivity index (χ3v) is 4.73. The number of aliphatic hydroxyl groups is 1. The summed E-state index contributed by atoms with van der Waals surface area (Å²) in [6.07, 6.45) is 5.08. The number of amides is 1. The van der Waals surface area contributed by atoms with Crippen LogP contribution in [0, 0.1) is 12.3 Å². The summed E-state index contributed by atoms with van der Waals surface area (Å²) in [7, 11) is 0. The molecule has 2 N–H and O–H groups in total. The average molecular weight is 289 g/mol. The molecule has 0 spiro atoms. The van der Waals surface area contributed by atoms with Crippen LogP contribution in [0.5, 0.6) is 0 Å². The van der Waals surface area contributed by atoms with Crippen molar-refractivity contribution >= 4 is 5.91 Å². The second kappa shape index (κ2) is 7.08. The predicted octanol–water partition coefficient (Wildman–Crippen LogP) is 2.99. The van der Waals surface area contributed by atoms with Gasteiger partial charge in [0, 0.05) is 18.4 Å². The summed E-state index contributed by atoms with van der Waals surface area (Å²) in [4.78, 5) is 12.0. The molecule has 2 rings (SSSR count). The van der Waals surface area contributed by atoms with Gasteiger partial charge < -0.3 is 10.4 Å². The fourth-order valence-corrected chi connectivity index (χ4v) is 2.99. The van der Waals surface area contributed by atoms with E-state index in [-0.39, 0.29) is 17.4 Å². The fraction of sp³-hybridized carbons (Fsp3) is 0.611. The van der Waals surface area contributed by atoms with Gasteiger partial charge in [-0.25, -0.2) is 0 Å². The standard InChI is InChI=1S/C18H27NO2/c1-14-6-8-15(9-7-14)10-11-17(21)19-13-18(2)12-4-3-5-16(18)20/h6-9,16,20H,3-5,10-13H2,1-2H3,(H,19,21)/t16-,18+/m0/s1. The van der Waals surface area contributed by atoms with Crippen molar-refractivity contribution < 1.29 is 9.90 Å². The first-order valence-corrected chi connectivity index (χ1v) is 8.00.